The van der Waals surface area contributed by atoms with Gasteiger partial charge in [0.2, 0.25) is 0 Å². The largest absolute Gasteiger partial charge is 0.465 e. The number of carbonyl (C=O) groups excluding carboxylic acids is 2. The van der Waals surface area contributed by atoms with Crippen molar-refractivity contribution in [3.8, 4) is 0 Å². The lowest BCUT2D eigenvalue weighted by atomic mass is 9.96. The zero-order valence-electron chi connectivity index (χ0n) is 13.6. The van der Waals surface area contributed by atoms with E-state index in [1.165, 1.54) is 18.4 Å². The van der Waals surface area contributed by atoms with Crippen LogP contribution in [0.2, 0.25) is 0 Å². The fraction of sp³-hybridized carbons (Fsp3) is 0.353. The van der Waals surface area contributed by atoms with Gasteiger partial charge in [-0.05, 0) is 30.5 Å². The van der Waals surface area contributed by atoms with E-state index in [0.29, 0.717) is 24.4 Å². The Balaban J connectivity index is 1.94. The summed E-state index contributed by atoms with van der Waals surface area (Å²) in [5.41, 5.74) is 2.54. The summed E-state index contributed by atoms with van der Waals surface area (Å²) < 4.78 is 9.89. The molecule has 7 heteroatoms. The molecule has 2 aromatic rings. The van der Waals surface area contributed by atoms with Gasteiger partial charge >= 0.3 is 5.97 Å². The van der Waals surface area contributed by atoms with Gasteiger partial charge in [-0.15, -0.1) is 11.3 Å². The molecule has 126 valence electrons. The van der Waals surface area contributed by atoms with Gasteiger partial charge < -0.3 is 14.4 Å². The lowest BCUT2D eigenvalue weighted by Gasteiger charge is -2.30. The number of anilines is 1. The third kappa shape index (κ3) is 3.05. The normalized spacial score (nSPS) is 13.5. The highest BCUT2D eigenvalue weighted by Gasteiger charge is 2.28. The number of nitrogens with zero attached hydrogens (tertiary/aromatic N) is 2. The number of rotatable bonds is 4. The molecule has 1 aromatic heterocycles. The average molecular weight is 346 g/mol. The summed E-state index contributed by atoms with van der Waals surface area (Å²) in [6.45, 7) is 0.995. The van der Waals surface area contributed by atoms with Crippen LogP contribution in [-0.2, 0) is 22.5 Å². The second kappa shape index (κ2) is 7.11. The van der Waals surface area contributed by atoms with Crippen molar-refractivity contribution in [2.75, 3.05) is 25.7 Å². The van der Waals surface area contributed by atoms with Crippen LogP contribution in [0, 0.1) is 0 Å². The summed E-state index contributed by atoms with van der Waals surface area (Å²) in [5, 5.41) is 2.51. The highest BCUT2D eigenvalue weighted by atomic mass is 32.1. The van der Waals surface area contributed by atoms with Crippen LogP contribution in [0.3, 0.4) is 0 Å². The van der Waals surface area contributed by atoms with E-state index < -0.39 is 0 Å². The minimum atomic E-state index is -0.378. The number of ether oxygens (including phenoxy) is 2. The summed E-state index contributed by atoms with van der Waals surface area (Å²) in [6, 6.07) is 5.37. The summed E-state index contributed by atoms with van der Waals surface area (Å²) in [4.78, 5) is 30.8. The van der Waals surface area contributed by atoms with E-state index in [4.69, 9.17) is 9.47 Å². The van der Waals surface area contributed by atoms with Gasteiger partial charge in [0, 0.05) is 24.7 Å². The van der Waals surface area contributed by atoms with E-state index in [1.807, 2.05) is 6.07 Å². The number of thiazole rings is 1. The van der Waals surface area contributed by atoms with Crippen LogP contribution >= 0.6 is 11.3 Å². The Morgan fingerprint density at radius 1 is 1.33 bits per heavy atom. The van der Waals surface area contributed by atoms with Gasteiger partial charge in [0.25, 0.3) is 5.91 Å². The van der Waals surface area contributed by atoms with Crippen LogP contribution in [-0.4, -0.2) is 37.6 Å². The minimum absolute atomic E-state index is 0.156. The number of fused-ring (bicyclic) bond motifs is 1. The summed E-state index contributed by atoms with van der Waals surface area (Å²) >= 11 is 1.40. The predicted octanol–water partition coefficient (Wildman–Crippen LogP) is 2.67. The molecular weight excluding hydrogens is 328 g/mol. The Morgan fingerprint density at radius 2 is 2.17 bits per heavy atom. The first-order valence-electron chi connectivity index (χ1n) is 7.61. The SMILES string of the molecule is COCc1nc(C(=O)N2CCCc3c(C(=O)OC)cccc32)cs1. The van der Waals surface area contributed by atoms with E-state index in [2.05, 4.69) is 4.98 Å². The first kappa shape index (κ1) is 16.6. The van der Waals surface area contributed by atoms with E-state index in [-0.39, 0.29) is 11.9 Å². The molecule has 0 saturated carbocycles. The predicted molar refractivity (Wildman–Crippen MR) is 90.6 cm³/mol. The number of hydrogen-bond donors (Lipinski definition) is 0. The van der Waals surface area contributed by atoms with Crippen molar-refractivity contribution >= 4 is 28.9 Å². The first-order chi connectivity index (χ1) is 11.7. The van der Waals surface area contributed by atoms with Gasteiger partial charge in [0.05, 0.1) is 19.3 Å². The summed E-state index contributed by atoms with van der Waals surface area (Å²) in [6.07, 6.45) is 1.54. The third-order valence-corrected chi connectivity index (χ3v) is 4.76. The third-order valence-electron chi connectivity index (χ3n) is 3.94. The molecule has 0 radical (unpaired) electrons. The van der Waals surface area contributed by atoms with E-state index >= 15 is 0 Å². The van der Waals surface area contributed by atoms with Crippen molar-refractivity contribution in [3.63, 3.8) is 0 Å². The monoisotopic (exact) mass is 346 g/mol. The molecule has 2 heterocycles. The fourth-order valence-electron chi connectivity index (χ4n) is 2.87. The zero-order valence-corrected chi connectivity index (χ0v) is 14.4. The van der Waals surface area contributed by atoms with E-state index in [1.54, 1.807) is 29.5 Å². The van der Waals surface area contributed by atoms with Gasteiger partial charge in [-0.25, -0.2) is 9.78 Å². The molecular formula is C17H18N2O4S. The Hall–Kier alpha value is -2.25. The van der Waals surface area contributed by atoms with Crippen molar-refractivity contribution in [2.24, 2.45) is 0 Å². The quantitative estimate of drug-likeness (QED) is 0.796. The maximum atomic E-state index is 12.8. The van der Waals surface area contributed by atoms with Crippen LogP contribution in [0.15, 0.2) is 23.6 Å². The Bertz CT molecular complexity index is 772. The molecule has 0 N–H and O–H groups in total. The van der Waals surface area contributed by atoms with Crippen LogP contribution in [0.4, 0.5) is 5.69 Å². The topological polar surface area (TPSA) is 68.7 Å². The van der Waals surface area contributed by atoms with Crippen molar-refractivity contribution in [2.45, 2.75) is 19.4 Å². The minimum Gasteiger partial charge on any atom is -0.465 e. The van der Waals surface area contributed by atoms with Crippen LogP contribution in [0.1, 0.15) is 37.8 Å². The van der Waals surface area contributed by atoms with Crippen molar-refractivity contribution in [1.82, 2.24) is 4.98 Å². The molecule has 24 heavy (non-hydrogen) atoms. The van der Waals surface area contributed by atoms with Gasteiger partial charge in [0.15, 0.2) is 0 Å². The standard InChI is InChI=1S/C17H18N2O4S/c1-22-9-15-18-13(10-24-15)16(20)19-8-4-6-11-12(17(21)23-2)5-3-7-14(11)19/h3,5,7,10H,4,6,8-9H2,1-2H3. The molecule has 0 bridgehead atoms. The van der Waals surface area contributed by atoms with Crippen molar-refractivity contribution in [1.29, 1.82) is 0 Å². The Kier molecular flexibility index (Phi) is 4.92. The molecule has 1 amide bonds. The van der Waals surface area contributed by atoms with E-state index in [9.17, 15) is 9.59 Å². The summed E-state index contributed by atoms with van der Waals surface area (Å²) in [5.74, 6) is -0.534. The molecule has 1 aliphatic heterocycles. The van der Waals surface area contributed by atoms with Gasteiger partial charge in [0.1, 0.15) is 10.7 Å². The molecule has 3 rings (SSSR count). The number of methoxy groups -OCH3 is 2. The van der Waals surface area contributed by atoms with Gasteiger partial charge in [-0.2, -0.15) is 0 Å². The molecule has 0 saturated heterocycles. The van der Waals surface area contributed by atoms with Crippen molar-refractivity contribution in [3.05, 3.63) is 45.4 Å². The molecule has 0 unspecified atom stereocenters. The zero-order chi connectivity index (χ0) is 17.1. The summed E-state index contributed by atoms with van der Waals surface area (Å²) in [7, 11) is 2.96. The molecule has 0 atom stereocenters. The van der Waals surface area contributed by atoms with Crippen molar-refractivity contribution < 1.29 is 19.1 Å². The maximum Gasteiger partial charge on any atom is 0.338 e. The highest BCUT2D eigenvalue weighted by molar-refractivity contribution is 7.09. The Morgan fingerprint density at radius 3 is 2.92 bits per heavy atom. The molecule has 0 aliphatic carbocycles. The maximum absolute atomic E-state index is 12.8. The fourth-order valence-corrected chi connectivity index (χ4v) is 3.61. The number of aromatic nitrogens is 1. The number of hydrogen-bond acceptors (Lipinski definition) is 6. The molecule has 1 aromatic carbocycles. The second-order valence-corrected chi connectivity index (χ2v) is 6.36. The van der Waals surface area contributed by atoms with Crippen LogP contribution < -0.4 is 4.90 Å². The van der Waals surface area contributed by atoms with Gasteiger partial charge in [-0.1, -0.05) is 6.07 Å². The number of carbonyl (C=O) groups is 2. The van der Waals surface area contributed by atoms with E-state index in [0.717, 1.165) is 29.1 Å². The molecule has 6 nitrogen and oxygen atoms in total. The Labute approximate surface area is 144 Å². The second-order valence-electron chi connectivity index (χ2n) is 5.41. The molecule has 1 aliphatic rings. The molecule has 0 fully saturated rings. The molecule has 0 spiro atoms. The highest BCUT2D eigenvalue weighted by Crippen LogP contribution is 2.31. The average Bonchev–Trinajstić information content (AvgIpc) is 3.08. The number of amides is 1. The number of benzene rings is 1. The lowest BCUT2D eigenvalue weighted by Crippen LogP contribution is -2.36. The first-order valence-corrected chi connectivity index (χ1v) is 8.49. The van der Waals surface area contributed by atoms with Crippen LogP contribution in [0.5, 0.6) is 0 Å². The van der Waals surface area contributed by atoms with Gasteiger partial charge in [-0.3, -0.25) is 4.79 Å². The van der Waals surface area contributed by atoms with Crippen LogP contribution in [0.25, 0.3) is 0 Å². The lowest BCUT2D eigenvalue weighted by molar-refractivity contribution is 0.0599. The number of esters is 1. The smallest absolute Gasteiger partial charge is 0.338 e.